The molecule has 1 amide bonds. The van der Waals surface area contributed by atoms with Gasteiger partial charge in [-0.1, -0.05) is 18.2 Å². The second-order valence-corrected chi connectivity index (χ2v) is 7.07. The number of benzene rings is 1. The van der Waals surface area contributed by atoms with Gasteiger partial charge in [0.25, 0.3) is 5.91 Å². The smallest absolute Gasteiger partial charge is 0.264 e. The van der Waals surface area contributed by atoms with E-state index < -0.39 is 0 Å². The van der Waals surface area contributed by atoms with Crippen molar-refractivity contribution in [3.63, 3.8) is 0 Å². The molecule has 5 heteroatoms. The Bertz CT molecular complexity index is 704. The molecule has 1 fully saturated rings. The second-order valence-electron chi connectivity index (χ2n) is 5.95. The molecule has 1 aromatic heterocycles. The standard InChI is InChI=1S/C19H21FN2OS/c1-2-12-22(13-14-5-7-15(20)8-6-14)19(23)18-10-9-17(24-18)16-4-3-11-21-16/h2,5-10,16,21H,1,3-4,11-13H2/t16-/m1/s1. The zero-order valence-electron chi connectivity index (χ0n) is 13.5. The summed E-state index contributed by atoms with van der Waals surface area (Å²) < 4.78 is 13.0. The Morgan fingerprint density at radius 1 is 1.33 bits per heavy atom. The van der Waals surface area contributed by atoms with Gasteiger partial charge in [0.05, 0.1) is 4.88 Å². The quantitative estimate of drug-likeness (QED) is 0.799. The summed E-state index contributed by atoms with van der Waals surface area (Å²) in [6, 6.07) is 10.6. The van der Waals surface area contributed by atoms with Gasteiger partial charge in [-0.3, -0.25) is 4.79 Å². The molecule has 24 heavy (non-hydrogen) atoms. The van der Waals surface area contributed by atoms with Gasteiger partial charge in [-0.05, 0) is 49.2 Å². The van der Waals surface area contributed by atoms with Crippen LogP contribution in [0.2, 0.25) is 0 Å². The van der Waals surface area contributed by atoms with Gasteiger partial charge in [0.1, 0.15) is 5.82 Å². The van der Waals surface area contributed by atoms with E-state index in [4.69, 9.17) is 0 Å². The molecule has 0 aliphatic carbocycles. The lowest BCUT2D eigenvalue weighted by atomic mass is 10.2. The lowest BCUT2D eigenvalue weighted by molar-refractivity contribution is 0.0767. The molecule has 1 atom stereocenters. The molecule has 0 spiro atoms. The van der Waals surface area contributed by atoms with E-state index in [-0.39, 0.29) is 11.7 Å². The number of nitrogens with one attached hydrogen (secondary N) is 1. The first kappa shape index (κ1) is 16.9. The number of carbonyl (C=O) groups is 1. The normalized spacial score (nSPS) is 17.0. The highest BCUT2D eigenvalue weighted by Gasteiger charge is 2.22. The number of amides is 1. The minimum Gasteiger partial charge on any atom is -0.330 e. The van der Waals surface area contributed by atoms with Gasteiger partial charge in [-0.2, -0.15) is 0 Å². The molecule has 1 aliphatic heterocycles. The summed E-state index contributed by atoms with van der Waals surface area (Å²) in [7, 11) is 0. The molecule has 3 rings (SSSR count). The van der Waals surface area contributed by atoms with Crippen LogP contribution in [0.25, 0.3) is 0 Å². The largest absolute Gasteiger partial charge is 0.330 e. The van der Waals surface area contributed by atoms with Gasteiger partial charge in [0.2, 0.25) is 0 Å². The second kappa shape index (κ2) is 7.73. The van der Waals surface area contributed by atoms with Gasteiger partial charge >= 0.3 is 0 Å². The van der Waals surface area contributed by atoms with Crippen molar-refractivity contribution < 1.29 is 9.18 Å². The molecule has 0 saturated carbocycles. The molecule has 1 saturated heterocycles. The Balaban J connectivity index is 1.73. The monoisotopic (exact) mass is 344 g/mol. The molecule has 3 nitrogen and oxygen atoms in total. The first-order chi connectivity index (χ1) is 11.7. The minimum atomic E-state index is -0.271. The van der Waals surface area contributed by atoms with Gasteiger partial charge in [0.15, 0.2) is 0 Å². The maximum absolute atomic E-state index is 13.0. The number of nitrogens with zero attached hydrogens (tertiary/aromatic N) is 1. The van der Waals surface area contributed by atoms with Crippen molar-refractivity contribution >= 4 is 17.2 Å². The summed E-state index contributed by atoms with van der Waals surface area (Å²) in [6.07, 6.45) is 4.02. The minimum absolute atomic E-state index is 0.00604. The van der Waals surface area contributed by atoms with E-state index in [1.165, 1.54) is 23.4 Å². The zero-order valence-corrected chi connectivity index (χ0v) is 14.3. The fraction of sp³-hybridized carbons (Fsp3) is 0.316. The number of thiophene rings is 1. The van der Waals surface area contributed by atoms with Crippen LogP contribution < -0.4 is 5.32 Å². The lowest BCUT2D eigenvalue weighted by Gasteiger charge is -2.20. The highest BCUT2D eigenvalue weighted by atomic mass is 32.1. The molecule has 1 aromatic carbocycles. The third kappa shape index (κ3) is 3.91. The van der Waals surface area contributed by atoms with Crippen LogP contribution in [-0.4, -0.2) is 23.9 Å². The first-order valence-corrected chi connectivity index (χ1v) is 8.97. The number of rotatable bonds is 6. The average molecular weight is 344 g/mol. The first-order valence-electron chi connectivity index (χ1n) is 8.15. The number of hydrogen-bond donors (Lipinski definition) is 1. The van der Waals surface area contributed by atoms with Gasteiger partial charge in [-0.15, -0.1) is 17.9 Å². The number of hydrogen-bond acceptors (Lipinski definition) is 3. The van der Waals surface area contributed by atoms with E-state index in [9.17, 15) is 9.18 Å². The van der Waals surface area contributed by atoms with Crippen molar-refractivity contribution in [3.8, 4) is 0 Å². The van der Waals surface area contributed by atoms with Crippen LogP contribution in [0, 0.1) is 5.82 Å². The fourth-order valence-electron chi connectivity index (χ4n) is 2.92. The van der Waals surface area contributed by atoms with E-state index in [0.29, 0.717) is 19.1 Å². The van der Waals surface area contributed by atoms with Crippen LogP contribution in [0.3, 0.4) is 0 Å². The topological polar surface area (TPSA) is 32.3 Å². The molecule has 0 bridgehead atoms. The van der Waals surface area contributed by atoms with Crippen molar-refractivity contribution in [3.05, 3.63) is 70.2 Å². The SMILES string of the molecule is C=CCN(Cc1ccc(F)cc1)C(=O)c1ccc([C@H]2CCCN2)s1. The van der Waals surface area contributed by atoms with Crippen molar-refractivity contribution in [2.75, 3.05) is 13.1 Å². The Labute approximate surface area is 145 Å². The highest BCUT2D eigenvalue weighted by molar-refractivity contribution is 7.14. The summed E-state index contributed by atoms with van der Waals surface area (Å²) in [4.78, 5) is 16.5. The van der Waals surface area contributed by atoms with Gasteiger partial charge in [0, 0.05) is 24.0 Å². The van der Waals surface area contributed by atoms with Crippen molar-refractivity contribution in [2.45, 2.75) is 25.4 Å². The molecule has 1 aliphatic rings. The maximum atomic E-state index is 13.0. The Morgan fingerprint density at radius 3 is 2.79 bits per heavy atom. The summed E-state index contributed by atoms with van der Waals surface area (Å²) >= 11 is 1.56. The van der Waals surface area contributed by atoms with E-state index >= 15 is 0 Å². The lowest BCUT2D eigenvalue weighted by Crippen LogP contribution is -2.30. The predicted molar refractivity (Wildman–Crippen MR) is 95.6 cm³/mol. The van der Waals surface area contributed by atoms with Crippen LogP contribution >= 0.6 is 11.3 Å². The summed E-state index contributed by atoms with van der Waals surface area (Å²) in [5, 5.41) is 3.46. The van der Waals surface area contributed by atoms with E-state index in [2.05, 4.69) is 11.9 Å². The molecule has 2 heterocycles. The Hall–Kier alpha value is -1.98. The summed E-state index contributed by atoms with van der Waals surface area (Å²) in [5.41, 5.74) is 0.904. The van der Waals surface area contributed by atoms with Crippen LogP contribution in [0.15, 0.2) is 49.1 Å². The maximum Gasteiger partial charge on any atom is 0.264 e. The van der Waals surface area contributed by atoms with E-state index in [0.717, 1.165) is 23.4 Å². The molecule has 1 N–H and O–H groups in total. The van der Waals surface area contributed by atoms with Gasteiger partial charge in [-0.25, -0.2) is 4.39 Å². The fourth-order valence-corrected chi connectivity index (χ4v) is 4.01. The highest BCUT2D eigenvalue weighted by Crippen LogP contribution is 2.30. The molecule has 0 radical (unpaired) electrons. The van der Waals surface area contributed by atoms with E-state index in [1.54, 1.807) is 34.4 Å². The van der Waals surface area contributed by atoms with Crippen LogP contribution in [0.5, 0.6) is 0 Å². The molecule has 126 valence electrons. The Morgan fingerprint density at radius 2 is 2.12 bits per heavy atom. The third-order valence-electron chi connectivity index (χ3n) is 4.16. The summed E-state index contributed by atoms with van der Waals surface area (Å²) in [5.74, 6) is -0.277. The zero-order chi connectivity index (χ0) is 16.9. The van der Waals surface area contributed by atoms with Gasteiger partial charge < -0.3 is 10.2 Å². The Kier molecular flexibility index (Phi) is 5.43. The molecule has 0 unspecified atom stereocenters. The molecule has 2 aromatic rings. The van der Waals surface area contributed by atoms with Crippen LogP contribution in [0.4, 0.5) is 4.39 Å². The van der Waals surface area contributed by atoms with Crippen LogP contribution in [0.1, 0.15) is 39.0 Å². The number of carbonyl (C=O) groups excluding carboxylic acids is 1. The van der Waals surface area contributed by atoms with E-state index in [1.807, 2.05) is 12.1 Å². The van der Waals surface area contributed by atoms with Crippen molar-refractivity contribution in [1.82, 2.24) is 10.2 Å². The summed E-state index contributed by atoms with van der Waals surface area (Å²) in [6.45, 7) is 5.69. The van der Waals surface area contributed by atoms with Crippen LogP contribution in [-0.2, 0) is 6.54 Å². The molecular formula is C19H21FN2OS. The number of halogens is 1. The predicted octanol–water partition coefficient (Wildman–Crippen LogP) is 4.14. The average Bonchev–Trinajstić information content (AvgIpc) is 3.27. The molecular weight excluding hydrogens is 323 g/mol. The van der Waals surface area contributed by atoms with Crippen molar-refractivity contribution in [1.29, 1.82) is 0 Å². The van der Waals surface area contributed by atoms with Crippen molar-refractivity contribution in [2.24, 2.45) is 0 Å². The third-order valence-corrected chi connectivity index (χ3v) is 5.35.